The topological polar surface area (TPSA) is 60.9 Å². The number of thiocarbonyl (C=S) groups is 1. The van der Waals surface area contributed by atoms with Crippen LogP contribution in [0.1, 0.15) is 16.8 Å². The summed E-state index contributed by atoms with van der Waals surface area (Å²) in [5.74, 6) is 0.771. The van der Waals surface area contributed by atoms with Gasteiger partial charge in [0.1, 0.15) is 5.58 Å². The Hall–Kier alpha value is -3.29. The van der Waals surface area contributed by atoms with E-state index in [1.165, 1.54) is 5.56 Å². The van der Waals surface area contributed by atoms with Crippen molar-refractivity contribution in [2.24, 2.45) is 0 Å². The lowest BCUT2D eigenvalue weighted by atomic mass is 9.93. The number of para-hydroxylation sites is 1. The summed E-state index contributed by atoms with van der Waals surface area (Å²) in [5.41, 5.74) is 5.97. The quantitative estimate of drug-likeness (QED) is 0.203. The zero-order valence-corrected chi connectivity index (χ0v) is 18.6. The van der Waals surface area contributed by atoms with Gasteiger partial charge in [0.2, 0.25) is 0 Å². The largest absolute Gasteiger partial charge is 0.422 e. The van der Waals surface area contributed by atoms with Gasteiger partial charge in [0, 0.05) is 16.7 Å². The van der Waals surface area contributed by atoms with E-state index >= 15 is 0 Å². The number of nitrogens with zero attached hydrogens (tertiary/aromatic N) is 3. The Morgan fingerprint density at radius 2 is 1.88 bits per heavy atom. The Bertz CT molecular complexity index is 1570. The van der Waals surface area contributed by atoms with Gasteiger partial charge in [-0.05, 0) is 42.2 Å². The molecule has 0 unspecified atom stereocenters. The minimum Gasteiger partial charge on any atom is -0.422 e. The Labute approximate surface area is 193 Å². The van der Waals surface area contributed by atoms with Crippen LogP contribution >= 0.6 is 24.0 Å². The lowest BCUT2D eigenvalue weighted by Crippen LogP contribution is -2.14. The van der Waals surface area contributed by atoms with Crippen molar-refractivity contribution < 1.29 is 4.42 Å². The van der Waals surface area contributed by atoms with E-state index < -0.39 is 0 Å². The van der Waals surface area contributed by atoms with Crippen LogP contribution in [-0.2, 0) is 18.6 Å². The molecule has 0 saturated heterocycles. The average molecular weight is 456 g/mol. The minimum atomic E-state index is -0.381. The first kappa shape index (κ1) is 19.4. The number of hydrogen-bond acceptors (Lipinski definition) is 6. The fourth-order valence-electron chi connectivity index (χ4n) is 4.24. The smallest absolute Gasteiger partial charge is 0.345 e. The van der Waals surface area contributed by atoms with E-state index in [1.54, 1.807) is 17.8 Å². The molecule has 1 aliphatic carbocycles. The third-order valence-electron chi connectivity index (χ3n) is 5.78. The van der Waals surface area contributed by atoms with Gasteiger partial charge in [0.15, 0.2) is 4.32 Å². The summed E-state index contributed by atoms with van der Waals surface area (Å²) in [4.78, 5) is 17.7. The fourth-order valence-corrected chi connectivity index (χ4v) is 5.30. The van der Waals surface area contributed by atoms with Gasteiger partial charge in [0.05, 0.1) is 28.5 Å². The molecule has 32 heavy (non-hydrogen) atoms. The van der Waals surface area contributed by atoms with Crippen molar-refractivity contribution in [3.63, 3.8) is 0 Å². The second kappa shape index (κ2) is 7.69. The highest BCUT2D eigenvalue weighted by Crippen LogP contribution is 2.36. The second-order valence-electron chi connectivity index (χ2n) is 7.73. The molecule has 156 valence electrons. The molecule has 3 heterocycles. The van der Waals surface area contributed by atoms with Crippen LogP contribution in [0.15, 0.2) is 76.1 Å². The molecule has 0 aliphatic heterocycles. The second-order valence-corrected chi connectivity index (χ2v) is 9.34. The highest BCUT2D eigenvalue weighted by Gasteiger charge is 2.25. The Morgan fingerprint density at radius 1 is 1.06 bits per heavy atom. The third kappa shape index (κ3) is 3.16. The molecule has 0 saturated carbocycles. The Kier molecular flexibility index (Phi) is 4.66. The maximum absolute atomic E-state index is 12.7. The maximum atomic E-state index is 12.7. The van der Waals surface area contributed by atoms with E-state index in [2.05, 4.69) is 17.2 Å². The number of hydrogen-bond donors (Lipinski definition) is 0. The van der Waals surface area contributed by atoms with Crippen LogP contribution in [0.5, 0.6) is 0 Å². The van der Waals surface area contributed by atoms with Crippen LogP contribution < -0.4 is 5.63 Å². The van der Waals surface area contributed by atoms with Crippen molar-refractivity contribution in [3.05, 3.63) is 94.1 Å². The van der Waals surface area contributed by atoms with E-state index in [0.717, 1.165) is 46.5 Å². The first-order chi connectivity index (χ1) is 15.7. The first-order valence-corrected chi connectivity index (χ1v) is 11.7. The molecule has 0 amide bonds. The molecular weight excluding hydrogens is 438 g/mol. The van der Waals surface area contributed by atoms with Crippen LogP contribution in [0, 0.1) is 0 Å². The van der Waals surface area contributed by atoms with Crippen LogP contribution in [0.2, 0.25) is 0 Å². The summed E-state index contributed by atoms with van der Waals surface area (Å²) in [6.07, 6.45) is 3.51. The number of fused-ring (bicyclic) bond motifs is 6. The molecule has 6 rings (SSSR count). The molecule has 3 aromatic heterocycles. The molecule has 5 nitrogen and oxygen atoms in total. The predicted molar refractivity (Wildman–Crippen MR) is 132 cm³/mol. The zero-order valence-electron chi connectivity index (χ0n) is 16.9. The number of rotatable bonds is 2. The van der Waals surface area contributed by atoms with E-state index in [9.17, 15) is 4.79 Å². The number of benzene rings is 2. The summed E-state index contributed by atoms with van der Waals surface area (Å²) in [6.45, 7) is 0. The van der Waals surface area contributed by atoms with Gasteiger partial charge >= 0.3 is 5.63 Å². The molecule has 0 fully saturated rings. The number of thioether (sulfide) groups is 1. The standard InChI is InChI=1S/C25H17N3O2S2/c29-24-19-12-18-20(27-22(19)17-8-4-5-9-21(17)30-24)11-10-16-13-26-28(23(16)18)25(31)32-14-15-6-2-1-3-7-15/h1-9,12-13H,10-11,14H2. The minimum absolute atomic E-state index is 0.381. The van der Waals surface area contributed by atoms with Gasteiger partial charge < -0.3 is 4.42 Å². The van der Waals surface area contributed by atoms with E-state index in [4.69, 9.17) is 21.6 Å². The van der Waals surface area contributed by atoms with Crippen LogP contribution in [-0.4, -0.2) is 19.1 Å². The number of aromatic nitrogens is 3. The summed E-state index contributed by atoms with van der Waals surface area (Å²) in [5, 5.41) is 5.91. The van der Waals surface area contributed by atoms with Gasteiger partial charge in [-0.1, -0.05) is 66.4 Å². The van der Waals surface area contributed by atoms with Gasteiger partial charge in [-0.3, -0.25) is 4.98 Å². The maximum Gasteiger partial charge on any atom is 0.345 e. The van der Waals surface area contributed by atoms with Crippen LogP contribution in [0.3, 0.4) is 0 Å². The number of aryl methyl sites for hydroxylation is 2. The Balaban J connectivity index is 1.46. The third-order valence-corrected chi connectivity index (χ3v) is 7.20. The van der Waals surface area contributed by atoms with Crippen LogP contribution in [0.25, 0.3) is 33.1 Å². The molecule has 0 atom stereocenters. The molecule has 0 N–H and O–H groups in total. The average Bonchev–Trinajstić information content (AvgIpc) is 3.27. The fraction of sp³-hybridized carbons (Fsp3) is 0.120. The van der Waals surface area contributed by atoms with E-state index in [1.807, 2.05) is 53.3 Å². The van der Waals surface area contributed by atoms with Crippen molar-refractivity contribution in [1.29, 1.82) is 0 Å². The Morgan fingerprint density at radius 3 is 2.75 bits per heavy atom. The first-order valence-electron chi connectivity index (χ1n) is 10.3. The molecule has 5 aromatic rings. The highest BCUT2D eigenvalue weighted by atomic mass is 32.2. The van der Waals surface area contributed by atoms with Crippen molar-refractivity contribution in [1.82, 2.24) is 14.8 Å². The van der Waals surface area contributed by atoms with Gasteiger partial charge in [-0.15, -0.1) is 0 Å². The van der Waals surface area contributed by atoms with Crippen LogP contribution in [0.4, 0.5) is 0 Å². The van der Waals surface area contributed by atoms with Crippen molar-refractivity contribution >= 4 is 50.2 Å². The van der Waals surface area contributed by atoms with E-state index in [-0.39, 0.29) is 5.63 Å². The normalized spacial score (nSPS) is 12.6. The monoisotopic (exact) mass is 455 g/mol. The number of pyridine rings is 1. The molecule has 0 spiro atoms. The lowest BCUT2D eigenvalue weighted by Gasteiger charge is -2.18. The lowest BCUT2D eigenvalue weighted by molar-refractivity contribution is 0.569. The molecular formula is C25H17N3O2S2. The molecule has 0 radical (unpaired) electrons. The van der Waals surface area contributed by atoms with Crippen molar-refractivity contribution in [3.8, 4) is 11.3 Å². The summed E-state index contributed by atoms with van der Waals surface area (Å²) in [6, 6.07) is 19.6. The van der Waals surface area contributed by atoms with Crippen molar-refractivity contribution in [2.45, 2.75) is 18.6 Å². The SMILES string of the molecule is O=c1oc2ccccc2c2nc3c(cc12)-c1c(cnn1C(=S)SCc1ccccc1)CC3. The molecule has 1 aliphatic rings. The summed E-state index contributed by atoms with van der Waals surface area (Å²) in [7, 11) is 0. The summed E-state index contributed by atoms with van der Waals surface area (Å²) >= 11 is 7.31. The molecule has 2 aromatic carbocycles. The van der Waals surface area contributed by atoms with Gasteiger partial charge in [-0.2, -0.15) is 5.10 Å². The predicted octanol–water partition coefficient (Wildman–Crippen LogP) is 5.37. The molecule has 7 heteroatoms. The van der Waals surface area contributed by atoms with Crippen molar-refractivity contribution in [2.75, 3.05) is 0 Å². The molecule has 0 bridgehead atoms. The summed E-state index contributed by atoms with van der Waals surface area (Å²) < 4.78 is 8.04. The zero-order chi connectivity index (χ0) is 21.7. The van der Waals surface area contributed by atoms with Gasteiger partial charge in [0.25, 0.3) is 0 Å². The van der Waals surface area contributed by atoms with Gasteiger partial charge in [-0.25, -0.2) is 9.48 Å². The van der Waals surface area contributed by atoms with E-state index in [0.29, 0.717) is 20.8 Å². The highest BCUT2D eigenvalue weighted by molar-refractivity contribution is 8.22.